The largest absolute Gasteiger partial charge is 0.393 e. The Morgan fingerprint density at radius 1 is 1.13 bits per heavy atom. The average molecular weight is 415 g/mol. The minimum Gasteiger partial charge on any atom is -0.393 e. The number of hydrogen-bond donors (Lipinski definition) is 2. The molecular formula is C28H46O2. The second-order valence-corrected chi connectivity index (χ2v) is 12.4. The second kappa shape index (κ2) is 8.07. The van der Waals surface area contributed by atoms with Crippen LogP contribution in [0.5, 0.6) is 0 Å². The van der Waals surface area contributed by atoms with Crippen LogP contribution in [-0.4, -0.2) is 22.4 Å². The van der Waals surface area contributed by atoms with Crippen LogP contribution in [0.25, 0.3) is 0 Å². The van der Waals surface area contributed by atoms with E-state index >= 15 is 0 Å². The summed E-state index contributed by atoms with van der Waals surface area (Å²) < 4.78 is 0. The first kappa shape index (κ1) is 22.6. The van der Waals surface area contributed by atoms with E-state index in [2.05, 4.69) is 47.3 Å². The molecule has 0 bridgehead atoms. The molecule has 4 rings (SSSR count). The van der Waals surface area contributed by atoms with Gasteiger partial charge in [-0.25, -0.2) is 0 Å². The van der Waals surface area contributed by atoms with E-state index in [4.69, 9.17) is 0 Å². The first-order valence-corrected chi connectivity index (χ1v) is 12.8. The lowest BCUT2D eigenvalue weighted by atomic mass is 9.47. The van der Waals surface area contributed by atoms with Crippen molar-refractivity contribution in [3.63, 3.8) is 0 Å². The molecule has 0 saturated heterocycles. The van der Waals surface area contributed by atoms with Crippen LogP contribution >= 0.6 is 0 Å². The molecular weight excluding hydrogens is 368 g/mol. The molecule has 3 fully saturated rings. The number of hydrogen-bond acceptors (Lipinski definition) is 2. The molecule has 0 aromatic rings. The highest BCUT2D eigenvalue weighted by Crippen LogP contribution is 2.67. The van der Waals surface area contributed by atoms with Gasteiger partial charge in [0.15, 0.2) is 0 Å². The molecule has 0 unspecified atom stereocenters. The lowest BCUT2D eigenvalue weighted by Crippen LogP contribution is -2.51. The summed E-state index contributed by atoms with van der Waals surface area (Å²) in [5, 5.41) is 21.5. The Morgan fingerprint density at radius 3 is 2.57 bits per heavy atom. The van der Waals surface area contributed by atoms with Gasteiger partial charge in [0.2, 0.25) is 0 Å². The van der Waals surface area contributed by atoms with Gasteiger partial charge in [0.1, 0.15) is 0 Å². The Balaban J connectivity index is 1.53. The molecule has 0 radical (unpaired) electrons. The third-order valence-electron chi connectivity index (χ3n) is 10.5. The third-order valence-corrected chi connectivity index (χ3v) is 10.5. The van der Waals surface area contributed by atoms with Gasteiger partial charge in [-0.3, -0.25) is 0 Å². The summed E-state index contributed by atoms with van der Waals surface area (Å²) >= 11 is 0. The molecule has 3 saturated carbocycles. The summed E-state index contributed by atoms with van der Waals surface area (Å²) in [7, 11) is 0. The zero-order valence-corrected chi connectivity index (χ0v) is 20.2. The fourth-order valence-corrected chi connectivity index (χ4v) is 8.60. The van der Waals surface area contributed by atoms with Gasteiger partial charge in [0.05, 0.1) is 12.2 Å². The topological polar surface area (TPSA) is 40.5 Å². The highest BCUT2D eigenvalue weighted by molar-refractivity contribution is 5.25. The molecule has 0 heterocycles. The van der Waals surface area contributed by atoms with E-state index in [-0.39, 0.29) is 23.0 Å². The molecule has 2 N–H and O–H groups in total. The van der Waals surface area contributed by atoms with Crippen molar-refractivity contribution >= 4 is 0 Å². The van der Waals surface area contributed by atoms with Gasteiger partial charge in [-0.05, 0) is 104 Å². The van der Waals surface area contributed by atoms with Gasteiger partial charge in [-0.1, -0.05) is 58.4 Å². The minimum absolute atomic E-state index is 0.131. The van der Waals surface area contributed by atoms with Crippen molar-refractivity contribution in [3.05, 3.63) is 23.8 Å². The van der Waals surface area contributed by atoms with E-state index in [1.807, 2.05) is 0 Å². The maximum absolute atomic E-state index is 11.3. The van der Waals surface area contributed by atoms with Crippen LogP contribution in [0.2, 0.25) is 0 Å². The van der Waals surface area contributed by atoms with Crippen molar-refractivity contribution in [2.24, 2.45) is 46.3 Å². The number of aliphatic hydroxyl groups excluding tert-OH is 2. The Labute approximate surface area is 185 Å². The molecule has 170 valence electrons. The summed E-state index contributed by atoms with van der Waals surface area (Å²) in [5.74, 6) is 3.64. The van der Waals surface area contributed by atoms with Crippen LogP contribution in [0.4, 0.5) is 0 Å². The molecule has 4 aliphatic rings. The summed E-state index contributed by atoms with van der Waals surface area (Å²) in [4.78, 5) is 0. The fourth-order valence-electron chi connectivity index (χ4n) is 8.60. The lowest BCUT2D eigenvalue weighted by molar-refractivity contribution is -0.0618. The number of allylic oxidation sites excluding steroid dienone is 2. The fraction of sp³-hybridized carbons (Fsp3) is 0.857. The highest BCUT2D eigenvalue weighted by atomic mass is 16.3. The van der Waals surface area contributed by atoms with Crippen molar-refractivity contribution in [3.8, 4) is 0 Å². The van der Waals surface area contributed by atoms with Crippen molar-refractivity contribution in [2.75, 3.05) is 0 Å². The maximum Gasteiger partial charge on any atom is 0.0579 e. The molecule has 0 aliphatic heterocycles. The lowest BCUT2D eigenvalue weighted by Gasteiger charge is -2.58. The zero-order chi connectivity index (χ0) is 21.8. The quantitative estimate of drug-likeness (QED) is 0.502. The number of fused-ring (bicyclic) bond motifs is 5. The first-order chi connectivity index (χ1) is 14.1. The monoisotopic (exact) mass is 414 g/mol. The van der Waals surface area contributed by atoms with Crippen LogP contribution in [0.15, 0.2) is 23.8 Å². The predicted octanol–water partition coefficient (Wildman–Crippen LogP) is 6.53. The van der Waals surface area contributed by atoms with Gasteiger partial charge in [-0.2, -0.15) is 0 Å². The summed E-state index contributed by atoms with van der Waals surface area (Å²) in [5.41, 5.74) is 3.46. The van der Waals surface area contributed by atoms with Gasteiger partial charge >= 0.3 is 0 Å². The van der Waals surface area contributed by atoms with E-state index in [1.54, 1.807) is 5.57 Å². The molecule has 30 heavy (non-hydrogen) atoms. The molecule has 0 aromatic heterocycles. The standard InChI is InChI=1S/C28H46O2/c1-17(2)18(3)7-8-19(4)26-25(30)16-24-22-10-9-20-15-21(29)11-13-27(20,5)23(22)12-14-28(24,26)6/h9,17,19,21-26,29-30H,3,7-8,10-16H2,1-2,4-6H3/t19-,21+,22-,23+,24+,25+,26+,27+,28+/m1/s1. The van der Waals surface area contributed by atoms with Crippen molar-refractivity contribution < 1.29 is 10.2 Å². The van der Waals surface area contributed by atoms with Crippen LogP contribution in [0.3, 0.4) is 0 Å². The SMILES string of the molecule is C=C(CC[C@@H](C)[C@H]1[C@@H](O)C[C@H]2[C@@H]3CC=C4C[C@@H](O)CC[C@]4(C)[C@H]3CC[C@]12C)C(C)C. The van der Waals surface area contributed by atoms with Crippen LogP contribution < -0.4 is 0 Å². The van der Waals surface area contributed by atoms with E-state index in [1.165, 1.54) is 24.8 Å². The summed E-state index contributed by atoms with van der Waals surface area (Å²) in [6, 6.07) is 0. The van der Waals surface area contributed by atoms with Crippen molar-refractivity contribution in [2.45, 2.75) is 105 Å². The van der Waals surface area contributed by atoms with Gasteiger partial charge < -0.3 is 10.2 Å². The Morgan fingerprint density at radius 2 is 1.87 bits per heavy atom. The van der Waals surface area contributed by atoms with Gasteiger partial charge in [0.25, 0.3) is 0 Å². The van der Waals surface area contributed by atoms with Crippen molar-refractivity contribution in [1.29, 1.82) is 0 Å². The minimum atomic E-state index is -0.146. The first-order valence-electron chi connectivity index (χ1n) is 12.8. The zero-order valence-electron chi connectivity index (χ0n) is 20.2. The maximum atomic E-state index is 11.3. The smallest absolute Gasteiger partial charge is 0.0579 e. The molecule has 2 heteroatoms. The van der Waals surface area contributed by atoms with Crippen LogP contribution in [0.1, 0.15) is 92.4 Å². The molecule has 0 aromatic carbocycles. The highest BCUT2D eigenvalue weighted by Gasteiger charge is 2.61. The molecule has 2 nitrogen and oxygen atoms in total. The molecule has 4 aliphatic carbocycles. The van der Waals surface area contributed by atoms with Crippen LogP contribution in [0, 0.1) is 46.3 Å². The Bertz CT molecular complexity index is 693. The third kappa shape index (κ3) is 3.54. The summed E-state index contributed by atoms with van der Waals surface area (Å²) in [6.45, 7) is 16.2. The second-order valence-electron chi connectivity index (χ2n) is 12.4. The van der Waals surface area contributed by atoms with E-state index in [0.29, 0.717) is 29.6 Å². The summed E-state index contributed by atoms with van der Waals surface area (Å²) in [6.07, 6.45) is 12.2. The number of rotatable bonds is 5. The average Bonchev–Trinajstić information content (AvgIpc) is 2.96. The van der Waals surface area contributed by atoms with Crippen molar-refractivity contribution in [1.82, 2.24) is 0 Å². The van der Waals surface area contributed by atoms with E-state index in [0.717, 1.165) is 44.4 Å². The molecule has 0 spiro atoms. The van der Waals surface area contributed by atoms with E-state index in [9.17, 15) is 10.2 Å². The van der Waals surface area contributed by atoms with Crippen LogP contribution in [-0.2, 0) is 0 Å². The molecule has 0 amide bonds. The number of aliphatic hydroxyl groups is 2. The normalized spacial score (nSPS) is 46.6. The van der Waals surface area contributed by atoms with Gasteiger partial charge in [-0.15, -0.1) is 0 Å². The van der Waals surface area contributed by atoms with E-state index < -0.39 is 0 Å². The van der Waals surface area contributed by atoms with Gasteiger partial charge in [0, 0.05) is 0 Å². The Hall–Kier alpha value is -0.600. The Kier molecular flexibility index (Phi) is 6.08. The molecule has 9 atom stereocenters. The predicted molar refractivity (Wildman–Crippen MR) is 125 cm³/mol.